The molecule has 2 nitrogen and oxygen atoms in total. The molecule has 0 aliphatic carbocycles. The molecule has 2 heteroatoms. The largest absolute Gasteiger partial charge is 0.426 e. The molecule has 0 N–H and O–H groups in total. The minimum atomic E-state index is -0.143. The third-order valence-electron chi connectivity index (χ3n) is 3.62. The molecule has 0 saturated carbocycles. The highest BCUT2D eigenvalue weighted by Crippen LogP contribution is 2.32. The molecule has 0 saturated heterocycles. The van der Waals surface area contributed by atoms with Gasteiger partial charge in [-0.1, -0.05) is 48.0 Å². The molecule has 1 aliphatic heterocycles. The maximum Gasteiger partial charge on any atom is 0.311 e. The lowest BCUT2D eigenvalue weighted by Crippen LogP contribution is -2.10. The van der Waals surface area contributed by atoms with Crippen molar-refractivity contribution >= 4 is 5.97 Å². The van der Waals surface area contributed by atoms with Gasteiger partial charge in [0.2, 0.25) is 0 Å². The fourth-order valence-electron chi connectivity index (χ4n) is 2.55. The van der Waals surface area contributed by atoms with Crippen LogP contribution in [0.5, 0.6) is 5.75 Å². The van der Waals surface area contributed by atoms with Crippen molar-refractivity contribution in [3.8, 4) is 5.75 Å². The summed E-state index contributed by atoms with van der Waals surface area (Å²) in [5, 5.41) is 0. The zero-order valence-electron chi connectivity index (χ0n) is 10.9. The van der Waals surface area contributed by atoms with Crippen LogP contribution in [0.15, 0.2) is 48.5 Å². The van der Waals surface area contributed by atoms with E-state index in [0.717, 1.165) is 12.0 Å². The van der Waals surface area contributed by atoms with E-state index in [1.807, 2.05) is 24.3 Å². The molecule has 2 aromatic carbocycles. The molecule has 19 heavy (non-hydrogen) atoms. The monoisotopic (exact) mass is 252 g/mol. The minimum absolute atomic E-state index is 0.143. The Morgan fingerprint density at radius 1 is 1.00 bits per heavy atom. The fourth-order valence-corrected chi connectivity index (χ4v) is 2.55. The second-order valence-corrected chi connectivity index (χ2v) is 5.10. The van der Waals surface area contributed by atoms with Crippen LogP contribution in [-0.2, 0) is 11.2 Å². The quantitative estimate of drug-likeness (QED) is 0.572. The van der Waals surface area contributed by atoms with E-state index >= 15 is 0 Å². The number of carbonyl (C=O) groups excluding carboxylic acids is 1. The van der Waals surface area contributed by atoms with Crippen LogP contribution >= 0.6 is 0 Å². The number of aryl methyl sites for hydroxylation is 1. The van der Waals surface area contributed by atoms with Crippen molar-refractivity contribution < 1.29 is 9.53 Å². The molecular formula is C17H16O2. The lowest BCUT2D eigenvalue weighted by atomic mass is 9.89. The van der Waals surface area contributed by atoms with Crippen molar-refractivity contribution in [3.05, 3.63) is 65.2 Å². The van der Waals surface area contributed by atoms with E-state index in [2.05, 4.69) is 31.2 Å². The molecule has 0 fully saturated rings. The zero-order valence-corrected chi connectivity index (χ0v) is 10.9. The molecule has 1 aliphatic rings. The minimum Gasteiger partial charge on any atom is -0.426 e. The number of fused-ring (bicyclic) bond motifs is 1. The van der Waals surface area contributed by atoms with Gasteiger partial charge in [-0.2, -0.15) is 0 Å². The Morgan fingerprint density at radius 3 is 2.53 bits per heavy atom. The smallest absolute Gasteiger partial charge is 0.311 e. The predicted octanol–water partition coefficient (Wildman–Crippen LogP) is 3.63. The maximum absolute atomic E-state index is 11.9. The number of ether oxygens (including phenoxy) is 1. The third kappa shape index (κ3) is 2.53. The molecule has 3 rings (SSSR count). The molecule has 1 atom stereocenters. The molecule has 96 valence electrons. The Balaban J connectivity index is 1.95. The predicted molar refractivity (Wildman–Crippen MR) is 74.3 cm³/mol. The second kappa shape index (κ2) is 4.88. The van der Waals surface area contributed by atoms with E-state index in [1.165, 1.54) is 11.1 Å². The van der Waals surface area contributed by atoms with Gasteiger partial charge < -0.3 is 4.74 Å². The standard InChI is InChI=1S/C17H16O2/c1-12-6-8-13(9-7-12)15-10-14-4-2-3-5-16(14)19-17(18)11-15/h2-9,15H,10-11H2,1H3. The normalized spacial score (nSPS) is 18.4. The van der Waals surface area contributed by atoms with Crippen LogP contribution in [0.3, 0.4) is 0 Å². The summed E-state index contributed by atoms with van der Waals surface area (Å²) in [5.74, 6) is 0.773. The molecular weight excluding hydrogens is 236 g/mol. The Morgan fingerprint density at radius 2 is 1.74 bits per heavy atom. The van der Waals surface area contributed by atoms with Crippen LogP contribution in [-0.4, -0.2) is 5.97 Å². The van der Waals surface area contributed by atoms with Gasteiger partial charge in [-0.25, -0.2) is 0 Å². The summed E-state index contributed by atoms with van der Waals surface area (Å²) in [6.07, 6.45) is 1.29. The number of rotatable bonds is 1. The first-order valence-electron chi connectivity index (χ1n) is 6.57. The highest BCUT2D eigenvalue weighted by atomic mass is 16.5. The maximum atomic E-state index is 11.9. The number of esters is 1. The second-order valence-electron chi connectivity index (χ2n) is 5.10. The summed E-state index contributed by atoms with van der Waals surface area (Å²) in [6, 6.07) is 16.2. The highest BCUT2D eigenvalue weighted by Gasteiger charge is 2.24. The van der Waals surface area contributed by atoms with Crippen molar-refractivity contribution in [2.45, 2.75) is 25.7 Å². The van der Waals surface area contributed by atoms with Crippen LogP contribution in [0.1, 0.15) is 29.0 Å². The number of hydrogen-bond acceptors (Lipinski definition) is 2. The van der Waals surface area contributed by atoms with E-state index in [4.69, 9.17) is 4.74 Å². The Kier molecular flexibility index (Phi) is 3.08. The van der Waals surface area contributed by atoms with E-state index in [9.17, 15) is 4.79 Å². The topological polar surface area (TPSA) is 26.3 Å². The van der Waals surface area contributed by atoms with Gasteiger partial charge in [-0.05, 0) is 36.5 Å². The molecule has 0 radical (unpaired) electrons. The van der Waals surface area contributed by atoms with Crippen LogP contribution in [0, 0.1) is 6.92 Å². The fraction of sp³-hybridized carbons (Fsp3) is 0.235. The number of hydrogen-bond donors (Lipinski definition) is 0. The van der Waals surface area contributed by atoms with Crippen LogP contribution in [0.2, 0.25) is 0 Å². The van der Waals surface area contributed by atoms with Gasteiger partial charge in [0, 0.05) is 0 Å². The van der Waals surface area contributed by atoms with Gasteiger partial charge >= 0.3 is 5.97 Å². The molecule has 2 aromatic rings. The molecule has 0 bridgehead atoms. The van der Waals surface area contributed by atoms with Gasteiger partial charge in [0.1, 0.15) is 5.75 Å². The molecule has 0 aromatic heterocycles. The number of benzene rings is 2. The summed E-state index contributed by atoms with van der Waals surface area (Å²) < 4.78 is 5.39. The summed E-state index contributed by atoms with van der Waals surface area (Å²) in [5.41, 5.74) is 3.55. The van der Waals surface area contributed by atoms with Crippen LogP contribution in [0.4, 0.5) is 0 Å². The van der Waals surface area contributed by atoms with Crippen molar-refractivity contribution in [2.75, 3.05) is 0 Å². The summed E-state index contributed by atoms with van der Waals surface area (Å²) in [4.78, 5) is 11.9. The SMILES string of the molecule is Cc1ccc(C2CC(=O)Oc3ccccc3C2)cc1. The van der Waals surface area contributed by atoms with Crippen LogP contribution < -0.4 is 4.74 Å². The van der Waals surface area contributed by atoms with E-state index in [0.29, 0.717) is 12.2 Å². The highest BCUT2D eigenvalue weighted by molar-refractivity contribution is 5.75. The van der Waals surface area contributed by atoms with Crippen molar-refractivity contribution in [1.29, 1.82) is 0 Å². The molecule has 0 amide bonds. The molecule has 1 unspecified atom stereocenters. The average Bonchev–Trinajstić information content (AvgIpc) is 2.57. The zero-order chi connectivity index (χ0) is 13.2. The van der Waals surface area contributed by atoms with Crippen molar-refractivity contribution in [3.63, 3.8) is 0 Å². The first-order valence-corrected chi connectivity index (χ1v) is 6.57. The lowest BCUT2D eigenvalue weighted by Gasteiger charge is -2.13. The van der Waals surface area contributed by atoms with Crippen LogP contribution in [0.25, 0.3) is 0 Å². The van der Waals surface area contributed by atoms with Gasteiger partial charge in [-0.3, -0.25) is 4.79 Å². The van der Waals surface area contributed by atoms with Gasteiger partial charge in [0.25, 0.3) is 0 Å². The average molecular weight is 252 g/mol. The van der Waals surface area contributed by atoms with E-state index in [-0.39, 0.29) is 11.9 Å². The molecule has 1 heterocycles. The Hall–Kier alpha value is -2.09. The Labute approximate surface area is 113 Å². The van der Waals surface area contributed by atoms with Gasteiger partial charge in [-0.15, -0.1) is 0 Å². The van der Waals surface area contributed by atoms with E-state index in [1.54, 1.807) is 0 Å². The lowest BCUT2D eigenvalue weighted by molar-refractivity contribution is -0.134. The van der Waals surface area contributed by atoms with Gasteiger partial charge in [0.05, 0.1) is 6.42 Å². The molecule has 0 spiro atoms. The van der Waals surface area contributed by atoms with Gasteiger partial charge in [0.15, 0.2) is 0 Å². The number of carbonyl (C=O) groups is 1. The third-order valence-corrected chi connectivity index (χ3v) is 3.62. The van der Waals surface area contributed by atoms with Crippen molar-refractivity contribution in [1.82, 2.24) is 0 Å². The first-order chi connectivity index (χ1) is 9.22. The number of para-hydroxylation sites is 1. The van der Waals surface area contributed by atoms with E-state index < -0.39 is 0 Å². The summed E-state index contributed by atoms with van der Waals surface area (Å²) in [6.45, 7) is 2.07. The van der Waals surface area contributed by atoms with Crippen molar-refractivity contribution in [2.24, 2.45) is 0 Å². The summed E-state index contributed by atoms with van der Waals surface area (Å²) in [7, 11) is 0. The summed E-state index contributed by atoms with van der Waals surface area (Å²) >= 11 is 0. The Bertz CT molecular complexity index is 599. The first kappa shape index (κ1) is 12.0.